The van der Waals surface area contributed by atoms with Crippen molar-refractivity contribution in [1.29, 1.82) is 0 Å². The van der Waals surface area contributed by atoms with Crippen LogP contribution < -0.4 is 15.4 Å². The van der Waals surface area contributed by atoms with Crippen LogP contribution in [0.2, 0.25) is 5.02 Å². The maximum absolute atomic E-state index is 12.6. The molecule has 7 nitrogen and oxygen atoms in total. The molecule has 2 aromatic rings. The third-order valence-electron chi connectivity index (χ3n) is 4.46. The molecule has 1 aliphatic rings. The zero-order valence-electron chi connectivity index (χ0n) is 15.5. The fourth-order valence-electron chi connectivity index (χ4n) is 3.03. The smallest absolute Gasteiger partial charge is 0.239 e. The fraction of sp³-hybridized carbons (Fsp3) is 0.389. The zero-order valence-corrected chi connectivity index (χ0v) is 17.8. The van der Waals surface area contributed by atoms with E-state index in [4.69, 9.17) is 22.1 Å². The zero-order chi connectivity index (χ0) is 18.5. The first kappa shape index (κ1) is 24.2. The molecule has 1 atom stereocenters. The van der Waals surface area contributed by atoms with E-state index in [0.717, 1.165) is 11.4 Å². The van der Waals surface area contributed by atoms with Gasteiger partial charge < -0.3 is 20.3 Å². The largest absolute Gasteiger partial charge is 0.491 e. The number of halogens is 3. The summed E-state index contributed by atoms with van der Waals surface area (Å²) in [7, 11) is 1.59. The van der Waals surface area contributed by atoms with Crippen LogP contribution >= 0.6 is 36.4 Å². The first-order valence-electron chi connectivity index (χ1n) is 8.46. The van der Waals surface area contributed by atoms with Gasteiger partial charge >= 0.3 is 0 Å². The second-order valence-corrected chi connectivity index (χ2v) is 6.60. The Hall–Kier alpha value is -1.80. The third-order valence-corrected chi connectivity index (χ3v) is 4.71. The summed E-state index contributed by atoms with van der Waals surface area (Å²) in [5.41, 5.74) is 7.13. The van der Waals surface area contributed by atoms with Crippen molar-refractivity contribution >= 4 is 48.1 Å². The second kappa shape index (κ2) is 11.3. The van der Waals surface area contributed by atoms with Crippen LogP contribution in [0.15, 0.2) is 36.8 Å². The molecular formula is C18H24Cl3N5O2. The molecule has 0 aliphatic carbocycles. The number of ether oxygens (including phenoxy) is 1. The van der Waals surface area contributed by atoms with Gasteiger partial charge in [-0.05, 0) is 24.1 Å². The van der Waals surface area contributed by atoms with E-state index < -0.39 is 6.04 Å². The molecule has 28 heavy (non-hydrogen) atoms. The van der Waals surface area contributed by atoms with Crippen molar-refractivity contribution in [3.63, 3.8) is 0 Å². The lowest BCUT2D eigenvalue weighted by molar-refractivity contribution is -0.132. The normalized spacial score (nSPS) is 14.5. The van der Waals surface area contributed by atoms with Gasteiger partial charge in [0.15, 0.2) is 11.6 Å². The number of piperazine rings is 1. The number of nitrogens with two attached hydrogens (primary N) is 1. The number of benzene rings is 1. The standard InChI is InChI=1S/C18H22ClN5O2.2ClH/c1-26-16-11-21-12-22-17(16)23-6-8-24(9-7-23)18(25)15(20)10-13-2-4-14(19)5-3-13;;/h2-5,11-12,15H,6-10,20H2,1H3;2*1H/t15-;;/m1../s1. The number of amides is 1. The molecule has 154 valence electrons. The van der Waals surface area contributed by atoms with Crippen LogP contribution in [0.3, 0.4) is 0 Å². The molecule has 1 fully saturated rings. The van der Waals surface area contributed by atoms with Crippen LogP contribution in [0.1, 0.15) is 5.56 Å². The Morgan fingerprint density at radius 2 is 1.86 bits per heavy atom. The minimum absolute atomic E-state index is 0. The van der Waals surface area contributed by atoms with Crippen LogP contribution in [0.25, 0.3) is 0 Å². The average Bonchev–Trinajstić information content (AvgIpc) is 2.69. The topological polar surface area (TPSA) is 84.6 Å². The van der Waals surface area contributed by atoms with E-state index in [-0.39, 0.29) is 30.7 Å². The van der Waals surface area contributed by atoms with Crippen molar-refractivity contribution in [3.05, 3.63) is 47.4 Å². The molecule has 1 aromatic heterocycles. The Balaban J connectivity index is 0.00000196. The molecular weight excluding hydrogens is 425 g/mol. The number of hydrogen-bond acceptors (Lipinski definition) is 6. The van der Waals surface area contributed by atoms with E-state index in [1.165, 1.54) is 6.33 Å². The number of nitrogens with zero attached hydrogens (tertiary/aromatic N) is 4. The van der Waals surface area contributed by atoms with Gasteiger partial charge in [0.1, 0.15) is 6.33 Å². The van der Waals surface area contributed by atoms with E-state index in [1.54, 1.807) is 13.3 Å². The number of carbonyl (C=O) groups excluding carboxylic acids is 1. The first-order chi connectivity index (χ1) is 12.6. The predicted molar refractivity (Wildman–Crippen MR) is 115 cm³/mol. The van der Waals surface area contributed by atoms with Crippen LogP contribution in [0, 0.1) is 0 Å². The highest BCUT2D eigenvalue weighted by molar-refractivity contribution is 6.30. The summed E-state index contributed by atoms with van der Waals surface area (Å²) in [5.74, 6) is 1.35. The van der Waals surface area contributed by atoms with E-state index in [9.17, 15) is 4.79 Å². The molecule has 1 amide bonds. The highest BCUT2D eigenvalue weighted by atomic mass is 35.5. The van der Waals surface area contributed by atoms with Crippen molar-refractivity contribution < 1.29 is 9.53 Å². The molecule has 1 saturated heterocycles. The Morgan fingerprint density at radius 3 is 2.46 bits per heavy atom. The number of methoxy groups -OCH3 is 1. The summed E-state index contributed by atoms with van der Waals surface area (Å²) in [4.78, 5) is 24.8. The van der Waals surface area contributed by atoms with Crippen LogP contribution in [-0.4, -0.2) is 60.1 Å². The summed E-state index contributed by atoms with van der Waals surface area (Å²) >= 11 is 5.89. The van der Waals surface area contributed by atoms with Gasteiger partial charge in [0.25, 0.3) is 0 Å². The monoisotopic (exact) mass is 447 g/mol. The maximum Gasteiger partial charge on any atom is 0.239 e. The summed E-state index contributed by atoms with van der Waals surface area (Å²) < 4.78 is 5.31. The average molecular weight is 449 g/mol. The van der Waals surface area contributed by atoms with Crippen LogP contribution in [0.4, 0.5) is 5.82 Å². The van der Waals surface area contributed by atoms with Crippen molar-refractivity contribution in [1.82, 2.24) is 14.9 Å². The summed E-state index contributed by atoms with van der Waals surface area (Å²) in [6.07, 6.45) is 3.63. The lowest BCUT2D eigenvalue weighted by Crippen LogP contribution is -2.53. The lowest BCUT2D eigenvalue weighted by Gasteiger charge is -2.36. The number of aromatic nitrogens is 2. The quantitative estimate of drug-likeness (QED) is 0.755. The van der Waals surface area contributed by atoms with Crippen LogP contribution in [-0.2, 0) is 11.2 Å². The molecule has 0 saturated carbocycles. The lowest BCUT2D eigenvalue weighted by atomic mass is 10.1. The van der Waals surface area contributed by atoms with E-state index in [2.05, 4.69) is 14.9 Å². The van der Waals surface area contributed by atoms with E-state index >= 15 is 0 Å². The van der Waals surface area contributed by atoms with E-state index in [1.807, 2.05) is 29.2 Å². The number of hydrogen-bond donors (Lipinski definition) is 1. The van der Waals surface area contributed by atoms with Gasteiger partial charge in [0, 0.05) is 31.2 Å². The summed E-state index contributed by atoms with van der Waals surface area (Å²) in [6.45, 7) is 2.54. The van der Waals surface area contributed by atoms with Crippen molar-refractivity contribution in [2.45, 2.75) is 12.5 Å². The van der Waals surface area contributed by atoms with Crippen molar-refractivity contribution in [2.75, 3.05) is 38.2 Å². The SMILES string of the molecule is COc1cncnc1N1CCN(C(=O)[C@H](N)Cc2ccc(Cl)cc2)CC1.Cl.Cl. The van der Waals surface area contributed by atoms with Gasteiger partial charge in [-0.2, -0.15) is 0 Å². The molecule has 1 aromatic carbocycles. The highest BCUT2D eigenvalue weighted by Crippen LogP contribution is 2.24. The predicted octanol–water partition coefficient (Wildman–Crippen LogP) is 2.20. The molecule has 10 heteroatoms. The van der Waals surface area contributed by atoms with Gasteiger partial charge in [-0.3, -0.25) is 4.79 Å². The minimum Gasteiger partial charge on any atom is -0.491 e. The van der Waals surface area contributed by atoms with Gasteiger partial charge in [0.2, 0.25) is 5.91 Å². The van der Waals surface area contributed by atoms with Gasteiger partial charge in [-0.15, -0.1) is 24.8 Å². The maximum atomic E-state index is 12.6. The fourth-order valence-corrected chi connectivity index (χ4v) is 3.15. The number of carbonyl (C=O) groups is 1. The Labute approximate surface area is 182 Å². The third kappa shape index (κ3) is 5.85. The van der Waals surface area contributed by atoms with Gasteiger partial charge in [0.05, 0.1) is 19.3 Å². The van der Waals surface area contributed by atoms with Crippen molar-refractivity contribution in [2.24, 2.45) is 5.73 Å². The number of rotatable bonds is 5. The molecule has 2 N–H and O–H groups in total. The minimum atomic E-state index is -0.559. The Morgan fingerprint density at radius 1 is 1.21 bits per heavy atom. The van der Waals surface area contributed by atoms with Crippen LogP contribution in [0.5, 0.6) is 5.75 Å². The molecule has 0 unspecified atom stereocenters. The number of anilines is 1. The molecule has 0 bridgehead atoms. The molecule has 3 rings (SSSR count). The summed E-state index contributed by atoms with van der Waals surface area (Å²) in [6, 6.07) is 6.85. The summed E-state index contributed by atoms with van der Waals surface area (Å²) in [5, 5.41) is 0.671. The van der Waals surface area contributed by atoms with E-state index in [0.29, 0.717) is 43.4 Å². The van der Waals surface area contributed by atoms with Gasteiger partial charge in [-0.25, -0.2) is 9.97 Å². The van der Waals surface area contributed by atoms with Crippen molar-refractivity contribution in [3.8, 4) is 5.75 Å². The molecule has 0 spiro atoms. The Bertz CT molecular complexity index is 755. The first-order valence-corrected chi connectivity index (χ1v) is 8.84. The Kier molecular flexibility index (Phi) is 9.75. The van der Waals surface area contributed by atoms with Gasteiger partial charge in [-0.1, -0.05) is 23.7 Å². The molecule has 1 aliphatic heterocycles. The molecule has 0 radical (unpaired) electrons. The molecule has 2 heterocycles. The highest BCUT2D eigenvalue weighted by Gasteiger charge is 2.27. The second-order valence-electron chi connectivity index (χ2n) is 6.16.